The Morgan fingerprint density at radius 3 is 2.67 bits per heavy atom. The first-order valence-corrected chi connectivity index (χ1v) is 7.04. The molecule has 0 saturated heterocycles. The van der Waals surface area contributed by atoms with Crippen LogP contribution in [0.5, 0.6) is 5.75 Å². The minimum Gasteiger partial charge on any atom is -0.496 e. The van der Waals surface area contributed by atoms with Gasteiger partial charge in [-0.2, -0.15) is 4.98 Å². The van der Waals surface area contributed by atoms with Gasteiger partial charge in [-0.05, 0) is 20.9 Å². The minimum absolute atomic E-state index is 0.626. The summed E-state index contributed by atoms with van der Waals surface area (Å²) in [6.07, 6.45) is 2.60. The first kappa shape index (κ1) is 15.4. The standard InChI is InChI=1S/C15H22N4O2/c1-6-14-17-13(18-21-14)9-19(4)8-12-11(3)15(20-5)10(2)7-16-12/h7H,6,8-9H2,1-5H3. The van der Waals surface area contributed by atoms with Gasteiger partial charge in [0.05, 0.1) is 19.3 Å². The van der Waals surface area contributed by atoms with Crippen LogP contribution in [0.4, 0.5) is 0 Å². The smallest absolute Gasteiger partial charge is 0.226 e. The summed E-state index contributed by atoms with van der Waals surface area (Å²) >= 11 is 0. The molecule has 0 amide bonds. The number of nitrogens with zero attached hydrogens (tertiary/aromatic N) is 4. The number of aromatic nitrogens is 3. The van der Waals surface area contributed by atoms with Gasteiger partial charge < -0.3 is 9.26 Å². The molecule has 0 unspecified atom stereocenters. The number of rotatable bonds is 6. The molecule has 0 fully saturated rings. The lowest BCUT2D eigenvalue weighted by Crippen LogP contribution is -2.19. The first-order chi connectivity index (χ1) is 10.0. The summed E-state index contributed by atoms with van der Waals surface area (Å²) in [5.74, 6) is 2.28. The summed E-state index contributed by atoms with van der Waals surface area (Å²) in [7, 11) is 3.70. The van der Waals surface area contributed by atoms with E-state index in [1.54, 1.807) is 7.11 Å². The lowest BCUT2D eigenvalue weighted by molar-refractivity contribution is 0.295. The number of hydrogen-bond acceptors (Lipinski definition) is 6. The van der Waals surface area contributed by atoms with Gasteiger partial charge in [0, 0.05) is 30.3 Å². The maximum atomic E-state index is 5.44. The number of methoxy groups -OCH3 is 1. The van der Waals surface area contributed by atoms with E-state index in [4.69, 9.17) is 9.26 Å². The van der Waals surface area contributed by atoms with Gasteiger partial charge in [0.2, 0.25) is 5.89 Å². The highest BCUT2D eigenvalue weighted by Crippen LogP contribution is 2.24. The maximum absolute atomic E-state index is 5.44. The van der Waals surface area contributed by atoms with Gasteiger partial charge in [-0.25, -0.2) is 0 Å². The molecular weight excluding hydrogens is 268 g/mol. The van der Waals surface area contributed by atoms with Crippen molar-refractivity contribution in [3.63, 3.8) is 0 Å². The van der Waals surface area contributed by atoms with E-state index in [2.05, 4.69) is 20.0 Å². The normalized spacial score (nSPS) is 11.1. The predicted octanol–water partition coefficient (Wildman–Crippen LogP) is 2.28. The summed E-state index contributed by atoms with van der Waals surface area (Å²) in [6, 6.07) is 0. The van der Waals surface area contributed by atoms with Crippen LogP contribution in [0.15, 0.2) is 10.7 Å². The van der Waals surface area contributed by atoms with Crippen molar-refractivity contribution in [3.8, 4) is 5.75 Å². The van der Waals surface area contributed by atoms with Crippen molar-refractivity contribution >= 4 is 0 Å². The van der Waals surface area contributed by atoms with Crippen LogP contribution in [0.1, 0.15) is 35.5 Å². The third-order valence-corrected chi connectivity index (χ3v) is 3.39. The van der Waals surface area contributed by atoms with Crippen molar-refractivity contribution < 1.29 is 9.26 Å². The second kappa shape index (κ2) is 6.67. The fourth-order valence-electron chi connectivity index (χ4n) is 2.28. The Morgan fingerprint density at radius 2 is 2.05 bits per heavy atom. The molecule has 0 aliphatic carbocycles. The molecule has 6 heteroatoms. The highest BCUT2D eigenvalue weighted by atomic mass is 16.5. The van der Waals surface area contributed by atoms with Crippen molar-refractivity contribution in [2.24, 2.45) is 0 Å². The number of hydrogen-bond donors (Lipinski definition) is 0. The molecule has 0 bridgehead atoms. The van der Waals surface area contributed by atoms with Crippen molar-refractivity contribution in [3.05, 3.63) is 34.7 Å². The maximum Gasteiger partial charge on any atom is 0.226 e. The van der Waals surface area contributed by atoms with E-state index in [1.165, 1.54) is 0 Å². The van der Waals surface area contributed by atoms with Crippen LogP contribution in [-0.4, -0.2) is 34.2 Å². The van der Waals surface area contributed by atoms with Crippen molar-refractivity contribution in [2.45, 2.75) is 40.3 Å². The molecule has 2 rings (SSSR count). The molecule has 2 aromatic heterocycles. The zero-order chi connectivity index (χ0) is 15.4. The predicted molar refractivity (Wildman–Crippen MR) is 79.1 cm³/mol. The van der Waals surface area contributed by atoms with E-state index in [-0.39, 0.29) is 0 Å². The molecule has 0 aliphatic heterocycles. The molecule has 0 atom stereocenters. The van der Waals surface area contributed by atoms with E-state index in [9.17, 15) is 0 Å². The highest BCUT2D eigenvalue weighted by molar-refractivity contribution is 5.40. The lowest BCUT2D eigenvalue weighted by Gasteiger charge is -2.17. The lowest BCUT2D eigenvalue weighted by atomic mass is 10.1. The number of pyridine rings is 1. The van der Waals surface area contributed by atoms with Crippen LogP contribution >= 0.6 is 0 Å². The molecule has 2 aromatic rings. The SMILES string of the molecule is CCc1nc(CN(C)Cc2ncc(C)c(OC)c2C)no1. The molecule has 21 heavy (non-hydrogen) atoms. The Bertz CT molecular complexity index is 610. The van der Waals surface area contributed by atoms with Crippen molar-refractivity contribution in [1.29, 1.82) is 0 Å². The fraction of sp³-hybridized carbons (Fsp3) is 0.533. The zero-order valence-corrected chi connectivity index (χ0v) is 13.3. The highest BCUT2D eigenvalue weighted by Gasteiger charge is 2.13. The van der Waals surface area contributed by atoms with Gasteiger partial charge in [0.1, 0.15) is 5.75 Å². The zero-order valence-electron chi connectivity index (χ0n) is 13.3. The van der Waals surface area contributed by atoms with Crippen LogP contribution in [0, 0.1) is 13.8 Å². The summed E-state index contributed by atoms with van der Waals surface area (Å²) in [6.45, 7) is 7.36. The van der Waals surface area contributed by atoms with Crippen molar-refractivity contribution in [1.82, 2.24) is 20.0 Å². The van der Waals surface area contributed by atoms with Gasteiger partial charge >= 0.3 is 0 Å². The molecule has 0 saturated carbocycles. The average Bonchev–Trinajstić information content (AvgIpc) is 2.90. The van der Waals surface area contributed by atoms with E-state index in [0.29, 0.717) is 24.8 Å². The Morgan fingerprint density at radius 1 is 1.29 bits per heavy atom. The quantitative estimate of drug-likeness (QED) is 0.813. The third-order valence-electron chi connectivity index (χ3n) is 3.39. The van der Waals surface area contributed by atoms with E-state index < -0.39 is 0 Å². The summed E-state index contributed by atoms with van der Waals surface area (Å²) in [5, 5.41) is 3.97. The van der Waals surface area contributed by atoms with Crippen LogP contribution in [0.2, 0.25) is 0 Å². The van der Waals surface area contributed by atoms with Gasteiger partial charge in [0.15, 0.2) is 5.82 Å². The van der Waals surface area contributed by atoms with Gasteiger partial charge in [0.25, 0.3) is 0 Å². The Labute approximate surface area is 125 Å². The molecule has 6 nitrogen and oxygen atoms in total. The van der Waals surface area contributed by atoms with Gasteiger partial charge in [-0.3, -0.25) is 9.88 Å². The van der Waals surface area contributed by atoms with Crippen LogP contribution < -0.4 is 4.74 Å². The van der Waals surface area contributed by atoms with E-state index in [0.717, 1.165) is 29.0 Å². The molecule has 0 aliphatic rings. The monoisotopic (exact) mass is 290 g/mol. The fourth-order valence-corrected chi connectivity index (χ4v) is 2.28. The third kappa shape index (κ3) is 3.58. The van der Waals surface area contributed by atoms with Crippen LogP contribution in [0.25, 0.3) is 0 Å². The van der Waals surface area contributed by atoms with Crippen molar-refractivity contribution in [2.75, 3.05) is 14.2 Å². The molecule has 0 radical (unpaired) electrons. The van der Waals surface area contributed by atoms with Gasteiger partial charge in [-0.15, -0.1) is 0 Å². The van der Waals surface area contributed by atoms with Crippen LogP contribution in [0.3, 0.4) is 0 Å². The molecule has 0 spiro atoms. The molecule has 2 heterocycles. The van der Waals surface area contributed by atoms with E-state index in [1.807, 2.05) is 34.0 Å². The van der Waals surface area contributed by atoms with Crippen LogP contribution in [-0.2, 0) is 19.5 Å². The minimum atomic E-state index is 0.626. The Hall–Kier alpha value is -1.95. The molecule has 0 N–H and O–H groups in total. The summed E-state index contributed by atoms with van der Waals surface area (Å²) in [5.41, 5.74) is 3.12. The Kier molecular flexibility index (Phi) is 4.90. The summed E-state index contributed by atoms with van der Waals surface area (Å²) < 4.78 is 10.6. The van der Waals surface area contributed by atoms with E-state index >= 15 is 0 Å². The number of aryl methyl sites for hydroxylation is 2. The summed E-state index contributed by atoms with van der Waals surface area (Å²) in [4.78, 5) is 10.9. The topological polar surface area (TPSA) is 64.3 Å². The second-order valence-electron chi connectivity index (χ2n) is 5.18. The molecule has 0 aromatic carbocycles. The second-order valence-corrected chi connectivity index (χ2v) is 5.18. The molecular formula is C15H22N4O2. The Balaban J connectivity index is 2.07. The first-order valence-electron chi connectivity index (χ1n) is 7.04. The molecule has 114 valence electrons. The largest absolute Gasteiger partial charge is 0.496 e. The number of ether oxygens (including phenoxy) is 1. The van der Waals surface area contributed by atoms with Gasteiger partial charge in [-0.1, -0.05) is 12.1 Å². The average molecular weight is 290 g/mol.